The van der Waals surface area contributed by atoms with Crippen molar-refractivity contribution in [3.63, 3.8) is 0 Å². The van der Waals surface area contributed by atoms with Crippen molar-refractivity contribution in [3.8, 4) is 0 Å². The molecule has 1 fully saturated rings. The third-order valence-electron chi connectivity index (χ3n) is 2.76. The normalized spacial score (nSPS) is 19.1. The van der Waals surface area contributed by atoms with Gasteiger partial charge in [-0.05, 0) is 37.6 Å². The van der Waals surface area contributed by atoms with E-state index in [1.54, 1.807) is 0 Å². The Morgan fingerprint density at radius 3 is 2.75 bits per heavy atom. The molecule has 0 aliphatic heterocycles. The maximum absolute atomic E-state index is 3.71. The predicted molar refractivity (Wildman–Crippen MR) is 54.3 cm³/mol. The summed E-state index contributed by atoms with van der Waals surface area (Å²) >= 11 is 0. The van der Waals surface area contributed by atoms with Crippen LogP contribution in [0.15, 0.2) is 12.7 Å². The molecule has 0 bridgehead atoms. The summed E-state index contributed by atoms with van der Waals surface area (Å²) in [5.41, 5.74) is 0.704. The van der Waals surface area contributed by atoms with E-state index in [1.807, 2.05) is 6.08 Å². The van der Waals surface area contributed by atoms with Crippen molar-refractivity contribution in [2.75, 3.05) is 13.1 Å². The molecule has 0 atom stereocenters. The van der Waals surface area contributed by atoms with E-state index in [4.69, 9.17) is 0 Å². The van der Waals surface area contributed by atoms with E-state index in [0.29, 0.717) is 5.41 Å². The fraction of sp³-hybridized carbons (Fsp3) is 0.818. The van der Waals surface area contributed by atoms with Crippen LogP contribution in [-0.2, 0) is 0 Å². The van der Waals surface area contributed by atoms with Crippen LogP contribution in [0.4, 0.5) is 0 Å². The average molecular weight is 167 g/mol. The van der Waals surface area contributed by atoms with E-state index in [2.05, 4.69) is 18.8 Å². The lowest BCUT2D eigenvalue weighted by atomic mass is 10.0. The lowest BCUT2D eigenvalue weighted by Crippen LogP contribution is -2.24. The summed E-state index contributed by atoms with van der Waals surface area (Å²) in [6.45, 7) is 8.33. The minimum absolute atomic E-state index is 0.704. The predicted octanol–water partition coefficient (Wildman–Crippen LogP) is 2.73. The third-order valence-corrected chi connectivity index (χ3v) is 2.76. The highest BCUT2D eigenvalue weighted by Crippen LogP contribution is 2.48. The van der Waals surface area contributed by atoms with Crippen LogP contribution < -0.4 is 5.32 Å². The largest absolute Gasteiger partial charge is 0.316 e. The Bertz CT molecular complexity index is 136. The molecule has 0 amide bonds. The monoisotopic (exact) mass is 167 g/mol. The van der Waals surface area contributed by atoms with Gasteiger partial charge in [0.2, 0.25) is 0 Å². The van der Waals surface area contributed by atoms with Crippen LogP contribution in [0.3, 0.4) is 0 Å². The van der Waals surface area contributed by atoms with Gasteiger partial charge in [-0.1, -0.05) is 19.4 Å². The molecular formula is C11H21N. The van der Waals surface area contributed by atoms with E-state index < -0.39 is 0 Å². The van der Waals surface area contributed by atoms with Gasteiger partial charge in [0.1, 0.15) is 0 Å². The van der Waals surface area contributed by atoms with E-state index in [0.717, 1.165) is 13.0 Å². The first kappa shape index (κ1) is 9.79. The Morgan fingerprint density at radius 1 is 1.50 bits per heavy atom. The molecule has 0 unspecified atom stereocenters. The second kappa shape index (κ2) is 4.66. The van der Waals surface area contributed by atoms with Crippen LogP contribution in [-0.4, -0.2) is 13.1 Å². The van der Waals surface area contributed by atoms with Crippen molar-refractivity contribution >= 4 is 0 Å². The van der Waals surface area contributed by atoms with Gasteiger partial charge in [0.15, 0.2) is 0 Å². The first-order valence-corrected chi connectivity index (χ1v) is 5.14. The second-order valence-corrected chi connectivity index (χ2v) is 4.00. The van der Waals surface area contributed by atoms with Crippen molar-refractivity contribution in [3.05, 3.63) is 12.7 Å². The molecule has 12 heavy (non-hydrogen) atoms. The molecule has 0 spiro atoms. The molecule has 1 nitrogen and oxygen atoms in total. The van der Waals surface area contributed by atoms with Crippen molar-refractivity contribution < 1.29 is 0 Å². The van der Waals surface area contributed by atoms with Gasteiger partial charge in [-0.25, -0.2) is 0 Å². The molecule has 1 aliphatic rings. The molecule has 1 heteroatoms. The minimum Gasteiger partial charge on any atom is -0.316 e. The fourth-order valence-corrected chi connectivity index (χ4v) is 1.78. The minimum atomic E-state index is 0.704. The van der Waals surface area contributed by atoms with Crippen LogP contribution in [0.25, 0.3) is 0 Å². The second-order valence-electron chi connectivity index (χ2n) is 4.00. The number of hydrogen-bond acceptors (Lipinski definition) is 1. The van der Waals surface area contributed by atoms with Gasteiger partial charge in [0, 0.05) is 6.54 Å². The van der Waals surface area contributed by atoms with Crippen LogP contribution in [0.1, 0.15) is 39.0 Å². The average Bonchev–Trinajstić information content (AvgIpc) is 2.81. The summed E-state index contributed by atoms with van der Waals surface area (Å²) in [5, 5.41) is 3.50. The maximum Gasteiger partial charge on any atom is 0.000794 e. The first-order valence-electron chi connectivity index (χ1n) is 5.14. The molecule has 0 aromatic rings. The Kier molecular flexibility index (Phi) is 3.80. The van der Waals surface area contributed by atoms with E-state index >= 15 is 0 Å². The van der Waals surface area contributed by atoms with Crippen molar-refractivity contribution in [1.82, 2.24) is 5.32 Å². The Labute approximate surface area is 76.2 Å². The Balaban J connectivity index is 2.01. The summed E-state index contributed by atoms with van der Waals surface area (Å²) < 4.78 is 0. The van der Waals surface area contributed by atoms with E-state index in [1.165, 1.54) is 32.2 Å². The summed E-state index contributed by atoms with van der Waals surface area (Å²) in [5.74, 6) is 0. The smallest absolute Gasteiger partial charge is 0.000794 e. The van der Waals surface area contributed by atoms with Crippen molar-refractivity contribution in [1.29, 1.82) is 0 Å². The zero-order chi connectivity index (χ0) is 8.86. The van der Waals surface area contributed by atoms with Crippen molar-refractivity contribution in [2.24, 2.45) is 5.41 Å². The molecule has 1 aliphatic carbocycles. The first-order chi connectivity index (χ1) is 5.83. The van der Waals surface area contributed by atoms with Crippen molar-refractivity contribution in [2.45, 2.75) is 39.0 Å². The molecule has 0 saturated heterocycles. The van der Waals surface area contributed by atoms with Crippen LogP contribution in [0, 0.1) is 5.41 Å². The number of nitrogens with one attached hydrogen (secondary N) is 1. The molecular weight excluding hydrogens is 146 g/mol. The fourth-order valence-electron chi connectivity index (χ4n) is 1.78. The highest BCUT2D eigenvalue weighted by molar-refractivity contribution is 4.94. The van der Waals surface area contributed by atoms with E-state index in [9.17, 15) is 0 Å². The van der Waals surface area contributed by atoms with Gasteiger partial charge < -0.3 is 5.32 Å². The maximum atomic E-state index is 3.71. The summed E-state index contributed by atoms with van der Waals surface area (Å²) in [4.78, 5) is 0. The summed E-state index contributed by atoms with van der Waals surface area (Å²) in [7, 11) is 0. The van der Waals surface area contributed by atoms with E-state index in [-0.39, 0.29) is 0 Å². The Hall–Kier alpha value is -0.300. The zero-order valence-corrected chi connectivity index (χ0v) is 8.23. The highest BCUT2D eigenvalue weighted by atomic mass is 14.9. The van der Waals surface area contributed by atoms with Gasteiger partial charge >= 0.3 is 0 Å². The van der Waals surface area contributed by atoms with Gasteiger partial charge in [0.05, 0.1) is 0 Å². The molecule has 0 radical (unpaired) electrons. The molecule has 1 N–H and O–H groups in total. The van der Waals surface area contributed by atoms with Gasteiger partial charge in [0.25, 0.3) is 0 Å². The highest BCUT2D eigenvalue weighted by Gasteiger charge is 2.40. The molecule has 70 valence electrons. The third kappa shape index (κ3) is 2.98. The number of rotatable bonds is 7. The zero-order valence-electron chi connectivity index (χ0n) is 8.23. The Morgan fingerprint density at radius 2 is 2.25 bits per heavy atom. The topological polar surface area (TPSA) is 12.0 Å². The van der Waals surface area contributed by atoms with Gasteiger partial charge in [-0.15, -0.1) is 6.58 Å². The lowest BCUT2D eigenvalue weighted by molar-refractivity contribution is 0.424. The number of hydrogen-bond donors (Lipinski definition) is 1. The molecule has 1 saturated carbocycles. The molecule has 0 heterocycles. The van der Waals surface area contributed by atoms with Gasteiger partial charge in [-0.2, -0.15) is 0 Å². The SMILES string of the molecule is C=CCCNCC1(CCC)CC1. The molecule has 1 rings (SSSR count). The van der Waals surface area contributed by atoms with Gasteiger partial charge in [-0.3, -0.25) is 0 Å². The molecule has 0 aromatic carbocycles. The standard InChI is InChI=1S/C11H21N/c1-3-5-9-12-10-11(6-4-2)7-8-11/h3,12H,1,4-10H2,2H3. The lowest BCUT2D eigenvalue weighted by Gasteiger charge is -2.14. The van der Waals surface area contributed by atoms with Crippen LogP contribution in [0.2, 0.25) is 0 Å². The summed E-state index contributed by atoms with van der Waals surface area (Å²) in [6.07, 6.45) is 8.72. The molecule has 0 aromatic heterocycles. The van der Waals surface area contributed by atoms with Crippen LogP contribution in [0.5, 0.6) is 0 Å². The summed E-state index contributed by atoms with van der Waals surface area (Å²) in [6, 6.07) is 0. The quantitative estimate of drug-likeness (QED) is 0.454. The van der Waals surface area contributed by atoms with Crippen LogP contribution >= 0.6 is 0 Å².